The Morgan fingerprint density at radius 3 is 2.85 bits per heavy atom. The van der Waals surface area contributed by atoms with E-state index in [1.54, 1.807) is 12.1 Å². The second kappa shape index (κ2) is 9.00. The molecule has 0 unspecified atom stereocenters. The van der Waals surface area contributed by atoms with Gasteiger partial charge in [-0.25, -0.2) is 9.97 Å². The van der Waals surface area contributed by atoms with E-state index < -0.39 is 0 Å². The summed E-state index contributed by atoms with van der Waals surface area (Å²) in [5.41, 5.74) is 4.09. The summed E-state index contributed by atoms with van der Waals surface area (Å²) >= 11 is 6.12. The molecule has 0 bridgehead atoms. The number of hydrogen-bond donors (Lipinski definition) is 2. The molecule has 5 nitrogen and oxygen atoms in total. The second-order valence-electron chi connectivity index (χ2n) is 6.87. The predicted octanol–water partition coefficient (Wildman–Crippen LogP) is 5.30. The van der Waals surface area contributed by atoms with E-state index in [0.717, 1.165) is 24.2 Å². The number of nitrogens with zero attached hydrogens (tertiary/aromatic N) is 2. The molecule has 2 N–H and O–H groups in total. The highest BCUT2D eigenvalue weighted by molar-refractivity contribution is 6.31. The second-order valence-corrected chi connectivity index (χ2v) is 7.28. The summed E-state index contributed by atoms with van der Waals surface area (Å²) in [7, 11) is 0. The topological polar surface area (TPSA) is 66.9 Å². The number of hydrogen-bond acceptors (Lipinski definition) is 4. The number of carbonyl (C=O) groups excluding carboxylic acids is 1. The molecule has 0 saturated heterocycles. The maximum Gasteiger partial charge on any atom is 0.274 e. The smallest absolute Gasteiger partial charge is 0.274 e. The lowest BCUT2D eigenvalue weighted by Crippen LogP contribution is -2.17. The van der Waals surface area contributed by atoms with Crippen LogP contribution in [0.15, 0.2) is 35.9 Å². The average Bonchev–Trinajstić information content (AvgIpc) is 2.66. The van der Waals surface area contributed by atoms with E-state index in [2.05, 4.69) is 26.7 Å². The van der Waals surface area contributed by atoms with E-state index in [1.807, 2.05) is 26.0 Å². The number of anilines is 2. The Hall–Kier alpha value is -2.40. The fourth-order valence-corrected chi connectivity index (χ4v) is 3.33. The van der Waals surface area contributed by atoms with E-state index in [9.17, 15) is 4.79 Å². The van der Waals surface area contributed by atoms with Crippen LogP contribution in [0.1, 0.15) is 53.8 Å². The fourth-order valence-electron chi connectivity index (χ4n) is 3.16. The highest BCUT2D eigenvalue weighted by atomic mass is 35.5. The van der Waals surface area contributed by atoms with Crippen molar-refractivity contribution in [2.75, 3.05) is 17.2 Å². The van der Waals surface area contributed by atoms with Crippen molar-refractivity contribution >= 4 is 29.1 Å². The first-order valence-electron chi connectivity index (χ1n) is 9.37. The van der Waals surface area contributed by atoms with E-state index in [0.29, 0.717) is 22.4 Å². The van der Waals surface area contributed by atoms with E-state index in [4.69, 9.17) is 11.6 Å². The minimum absolute atomic E-state index is 0.274. The standard InChI is InChI=1S/C21H25ClN4O/c1-14-13-19(20(27)25-18-10-6-9-17(22)15(18)2)26-21(24-14)23-12-11-16-7-4-3-5-8-16/h6-7,9-10,13H,3-5,8,11-12H2,1-2H3,(H,25,27)(H,23,24,26). The summed E-state index contributed by atoms with van der Waals surface area (Å²) in [4.78, 5) is 21.4. The van der Waals surface area contributed by atoms with Gasteiger partial charge in [-0.3, -0.25) is 4.79 Å². The summed E-state index contributed by atoms with van der Waals surface area (Å²) in [5.74, 6) is 0.211. The van der Waals surface area contributed by atoms with Crippen LogP contribution >= 0.6 is 11.6 Å². The number of nitrogens with one attached hydrogen (secondary N) is 2. The summed E-state index contributed by atoms with van der Waals surface area (Å²) in [6.07, 6.45) is 8.27. The molecule has 142 valence electrons. The Morgan fingerprint density at radius 1 is 1.22 bits per heavy atom. The molecule has 1 aliphatic rings. The van der Waals surface area contributed by atoms with Crippen molar-refractivity contribution in [3.05, 3.63) is 57.9 Å². The molecule has 1 amide bonds. The number of aryl methyl sites for hydroxylation is 1. The first-order chi connectivity index (χ1) is 13.0. The lowest BCUT2D eigenvalue weighted by Gasteiger charge is -2.13. The summed E-state index contributed by atoms with van der Waals surface area (Å²) < 4.78 is 0. The Balaban J connectivity index is 1.66. The van der Waals surface area contributed by atoms with Crippen LogP contribution in [0.5, 0.6) is 0 Å². The zero-order valence-corrected chi connectivity index (χ0v) is 16.6. The van der Waals surface area contributed by atoms with Gasteiger partial charge in [0, 0.05) is 22.9 Å². The molecule has 1 heterocycles. The van der Waals surface area contributed by atoms with E-state index in [-0.39, 0.29) is 5.91 Å². The zero-order chi connectivity index (χ0) is 19.2. The van der Waals surface area contributed by atoms with Crippen molar-refractivity contribution in [3.63, 3.8) is 0 Å². The number of halogens is 1. The molecule has 0 aliphatic heterocycles. The lowest BCUT2D eigenvalue weighted by molar-refractivity contribution is 0.102. The van der Waals surface area contributed by atoms with Gasteiger partial charge in [-0.15, -0.1) is 0 Å². The summed E-state index contributed by atoms with van der Waals surface area (Å²) in [6, 6.07) is 7.11. The predicted molar refractivity (Wildman–Crippen MR) is 111 cm³/mol. The van der Waals surface area contributed by atoms with Crippen LogP contribution in [0.2, 0.25) is 5.02 Å². The van der Waals surface area contributed by atoms with Gasteiger partial charge in [0.15, 0.2) is 0 Å². The van der Waals surface area contributed by atoms with Crippen LogP contribution in [0, 0.1) is 13.8 Å². The van der Waals surface area contributed by atoms with Gasteiger partial charge in [-0.2, -0.15) is 0 Å². The number of rotatable bonds is 6. The maximum atomic E-state index is 12.6. The maximum absolute atomic E-state index is 12.6. The van der Waals surface area contributed by atoms with Crippen LogP contribution in [-0.2, 0) is 0 Å². The van der Waals surface area contributed by atoms with Crippen LogP contribution in [-0.4, -0.2) is 22.4 Å². The van der Waals surface area contributed by atoms with Gasteiger partial charge >= 0.3 is 0 Å². The molecule has 6 heteroatoms. The largest absolute Gasteiger partial charge is 0.354 e. The number of benzene rings is 1. The molecule has 1 aliphatic carbocycles. The first kappa shape index (κ1) is 19.4. The van der Waals surface area contributed by atoms with Gasteiger partial charge in [0.25, 0.3) is 5.91 Å². The van der Waals surface area contributed by atoms with Gasteiger partial charge in [0.2, 0.25) is 5.95 Å². The first-order valence-corrected chi connectivity index (χ1v) is 9.74. The minimum Gasteiger partial charge on any atom is -0.354 e. The average molecular weight is 385 g/mol. The Morgan fingerprint density at radius 2 is 2.07 bits per heavy atom. The number of aromatic nitrogens is 2. The molecule has 0 atom stereocenters. The van der Waals surface area contributed by atoms with Gasteiger partial charge < -0.3 is 10.6 Å². The third-order valence-electron chi connectivity index (χ3n) is 4.72. The molecule has 27 heavy (non-hydrogen) atoms. The molecular weight excluding hydrogens is 360 g/mol. The molecule has 0 radical (unpaired) electrons. The third kappa shape index (κ3) is 5.30. The van der Waals surface area contributed by atoms with Crippen LogP contribution in [0.3, 0.4) is 0 Å². The van der Waals surface area contributed by atoms with Crippen molar-refractivity contribution in [1.29, 1.82) is 0 Å². The third-order valence-corrected chi connectivity index (χ3v) is 5.13. The number of amides is 1. The number of allylic oxidation sites excluding steroid dienone is 1. The number of carbonyl (C=O) groups is 1. The molecule has 0 saturated carbocycles. The highest BCUT2D eigenvalue weighted by Crippen LogP contribution is 2.23. The lowest BCUT2D eigenvalue weighted by atomic mass is 9.97. The van der Waals surface area contributed by atoms with Crippen LogP contribution < -0.4 is 10.6 Å². The fraction of sp³-hybridized carbons (Fsp3) is 0.381. The zero-order valence-electron chi connectivity index (χ0n) is 15.8. The SMILES string of the molecule is Cc1cc(C(=O)Nc2cccc(Cl)c2C)nc(NCCC2=CCCCC2)n1. The Labute approximate surface area is 165 Å². The quantitative estimate of drug-likeness (QED) is 0.663. The van der Waals surface area contributed by atoms with Crippen LogP contribution in [0.4, 0.5) is 11.6 Å². The Bertz CT molecular complexity index is 863. The summed E-state index contributed by atoms with van der Waals surface area (Å²) in [6.45, 7) is 4.50. The Kier molecular flexibility index (Phi) is 6.45. The molecule has 2 aromatic rings. The van der Waals surface area contributed by atoms with Crippen molar-refractivity contribution in [1.82, 2.24) is 9.97 Å². The molecule has 0 spiro atoms. The molecule has 3 rings (SSSR count). The molecule has 0 fully saturated rings. The van der Waals surface area contributed by atoms with Gasteiger partial charge in [-0.05, 0) is 69.7 Å². The van der Waals surface area contributed by atoms with Crippen molar-refractivity contribution in [3.8, 4) is 0 Å². The minimum atomic E-state index is -0.274. The molecular formula is C21H25ClN4O. The monoisotopic (exact) mass is 384 g/mol. The van der Waals surface area contributed by atoms with E-state index >= 15 is 0 Å². The van der Waals surface area contributed by atoms with Crippen molar-refractivity contribution in [2.24, 2.45) is 0 Å². The van der Waals surface area contributed by atoms with Crippen molar-refractivity contribution < 1.29 is 4.79 Å². The normalized spacial score (nSPS) is 13.8. The van der Waals surface area contributed by atoms with Gasteiger partial charge in [0.05, 0.1) is 0 Å². The molecule has 1 aromatic carbocycles. The van der Waals surface area contributed by atoms with E-state index in [1.165, 1.54) is 31.3 Å². The summed E-state index contributed by atoms with van der Waals surface area (Å²) in [5, 5.41) is 6.74. The van der Waals surface area contributed by atoms with Crippen molar-refractivity contribution in [2.45, 2.75) is 46.0 Å². The van der Waals surface area contributed by atoms with Gasteiger partial charge in [0.1, 0.15) is 5.69 Å². The molecule has 1 aromatic heterocycles. The van der Waals surface area contributed by atoms with Crippen LogP contribution in [0.25, 0.3) is 0 Å². The van der Waals surface area contributed by atoms with Gasteiger partial charge in [-0.1, -0.05) is 29.3 Å². The highest BCUT2D eigenvalue weighted by Gasteiger charge is 2.13.